The summed E-state index contributed by atoms with van der Waals surface area (Å²) in [5.41, 5.74) is 1.04. The van der Waals surface area contributed by atoms with Crippen molar-refractivity contribution in [2.75, 3.05) is 50.8 Å². The topological polar surface area (TPSA) is 97.8 Å². The third-order valence-corrected chi connectivity index (χ3v) is 5.96. The van der Waals surface area contributed by atoms with Crippen molar-refractivity contribution in [3.8, 4) is 0 Å². The molecule has 2 aromatic rings. The molecule has 5 rings (SSSR count). The summed E-state index contributed by atoms with van der Waals surface area (Å²) in [7, 11) is 0. The van der Waals surface area contributed by atoms with Gasteiger partial charge in [0.05, 0.1) is 18.5 Å². The molecule has 0 bridgehead atoms. The Morgan fingerprint density at radius 3 is 2.93 bits per heavy atom. The number of cyclic esters (lactones) is 1. The zero-order valence-corrected chi connectivity index (χ0v) is 15.2. The first kappa shape index (κ1) is 16.8. The molecule has 4 heterocycles. The van der Waals surface area contributed by atoms with Gasteiger partial charge in [0.2, 0.25) is 0 Å². The van der Waals surface area contributed by atoms with Crippen LogP contribution >= 0.6 is 0 Å². The maximum atomic E-state index is 11.7. The van der Waals surface area contributed by atoms with Crippen LogP contribution < -0.4 is 4.90 Å². The van der Waals surface area contributed by atoms with Crippen LogP contribution in [-0.4, -0.2) is 88.1 Å². The molecule has 2 N–H and O–H groups in total. The van der Waals surface area contributed by atoms with Crippen LogP contribution in [0.4, 0.5) is 10.6 Å². The van der Waals surface area contributed by atoms with E-state index in [-0.39, 0.29) is 11.5 Å². The van der Waals surface area contributed by atoms with E-state index in [4.69, 9.17) is 4.74 Å². The number of carbonyl (C=O) groups excluding carboxylic acids is 1. The first-order chi connectivity index (χ1) is 13.1. The number of amides is 1. The smallest absolute Gasteiger partial charge is 0.410 e. The molecule has 3 aliphatic rings. The van der Waals surface area contributed by atoms with Crippen molar-refractivity contribution >= 4 is 22.9 Å². The SMILES string of the molecule is O=C1OCCN1CC(O)N1CCN(c2ncnc3[nH]ccc23)CC2(CC2)C1. The number of aromatic amines is 1. The molecule has 2 aromatic heterocycles. The van der Waals surface area contributed by atoms with Crippen molar-refractivity contribution in [3.63, 3.8) is 0 Å². The van der Waals surface area contributed by atoms with E-state index in [9.17, 15) is 9.90 Å². The number of carbonyl (C=O) groups is 1. The van der Waals surface area contributed by atoms with Gasteiger partial charge < -0.3 is 24.6 Å². The summed E-state index contributed by atoms with van der Waals surface area (Å²) in [6, 6.07) is 2.01. The molecular formula is C18H24N6O3. The summed E-state index contributed by atoms with van der Waals surface area (Å²) >= 11 is 0. The fourth-order valence-corrected chi connectivity index (χ4v) is 4.24. The van der Waals surface area contributed by atoms with Crippen LogP contribution in [0.5, 0.6) is 0 Å². The number of nitrogens with one attached hydrogen (secondary N) is 1. The van der Waals surface area contributed by atoms with Crippen molar-refractivity contribution in [1.29, 1.82) is 0 Å². The molecule has 1 spiro atoms. The number of H-pyrrole nitrogens is 1. The van der Waals surface area contributed by atoms with Gasteiger partial charge in [0.25, 0.3) is 0 Å². The lowest BCUT2D eigenvalue weighted by Gasteiger charge is -2.30. The third kappa shape index (κ3) is 3.10. The highest BCUT2D eigenvalue weighted by Gasteiger charge is 2.48. The highest BCUT2D eigenvalue weighted by molar-refractivity contribution is 5.87. The first-order valence-corrected chi connectivity index (χ1v) is 9.50. The van der Waals surface area contributed by atoms with Crippen molar-refractivity contribution in [2.45, 2.75) is 19.1 Å². The van der Waals surface area contributed by atoms with Gasteiger partial charge in [-0.05, 0) is 18.9 Å². The minimum atomic E-state index is -0.675. The Kier molecular flexibility index (Phi) is 3.94. The number of β-amino-alcohol motifs (C(OH)–C–C–N with tert-alkyl or cyclic N) is 1. The van der Waals surface area contributed by atoms with E-state index in [1.807, 2.05) is 12.3 Å². The predicted molar refractivity (Wildman–Crippen MR) is 98.3 cm³/mol. The van der Waals surface area contributed by atoms with Crippen molar-refractivity contribution < 1.29 is 14.6 Å². The number of hydrogen-bond acceptors (Lipinski definition) is 7. The monoisotopic (exact) mass is 372 g/mol. The Bertz CT molecular complexity index is 850. The zero-order valence-electron chi connectivity index (χ0n) is 15.2. The predicted octanol–water partition coefficient (Wildman–Crippen LogP) is 0.631. The largest absolute Gasteiger partial charge is 0.448 e. The number of hydrogen-bond donors (Lipinski definition) is 2. The number of nitrogens with zero attached hydrogens (tertiary/aromatic N) is 5. The summed E-state index contributed by atoms with van der Waals surface area (Å²) in [4.78, 5) is 29.7. The standard InChI is InChI=1S/C18H24N6O3/c25-14(9-22-7-8-27-17(22)26)23-5-6-24(11-18(10-23)2-3-18)16-13-1-4-19-15(13)20-12-21-16/h1,4,12,14,25H,2-3,5-11H2,(H,19,20,21). The molecule has 1 atom stereocenters. The van der Waals surface area contributed by atoms with Crippen molar-refractivity contribution in [2.24, 2.45) is 5.41 Å². The number of aromatic nitrogens is 3. The Balaban J connectivity index is 1.34. The maximum absolute atomic E-state index is 11.7. The van der Waals surface area contributed by atoms with E-state index in [0.717, 1.165) is 55.9 Å². The molecule has 27 heavy (non-hydrogen) atoms. The molecule has 3 fully saturated rings. The number of rotatable bonds is 4. The minimum Gasteiger partial charge on any atom is -0.448 e. The second-order valence-corrected chi connectivity index (χ2v) is 7.87. The van der Waals surface area contributed by atoms with Crippen molar-refractivity contribution in [1.82, 2.24) is 24.8 Å². The summed E-state index contributed by atoms with van der Waals surface area (Å²) in [6.07, 6.45) is 4.79. The van der Waals surface area contributed by atoms with Gasteiger partial charge in [0, 0.05) is 37.8 Å². The average molecular weight is 372 g/mol. The summed E-state index contributed by atoms with van der Waals surface area (Å²) in [5.74, 6) is 0.951. The van der Waals surface area contributed by atoms with E-state index in [2.05, 4.69) is 24.8 Å². The summed E-state index contributed by atoms with van der Waals surface area (Å²) in [5, 5.41) is 11.8. The normalized spacial score (nSPS) is 23.7. The summed E-state index contributed by atoms with van der Waals surface area (Å²) < 4.78 is 4.97. The second-order valence-electron chi connectivity index (χ2n) is 7.87. The first-order valence-electron chi connectivity index (χ1n) is 9.50. The van der Waals surface area contributed by atoms with Gasteiger partial charge in [-0.3, -0.25) is 4.90 Å². The fraction of sp³-hybridized carbons (Fsp3) is 0.611. The zero-order chi connectivity index (χ0) is 18.4. The molecule has 2 saturated heterocycles. The van der Waals surface area contributed by atoms with Gasteiger partial charge in [0.1, 0.15) is 30.6 Å². The molecule has 1 aliphatic carbocycles. The summed E-state index contributed by atoms with van der Waals surface area (Å²) in [6.45, 7) is 4.53. The third-order valence-electron chi connectivity index (χ3n) is 5.96. The van der Waals surface area contributed by atoms with Gasteiger partial charge >= 0.3 is 6.09 Å². The van der Waals surface area contributed by atoms with E-state index in [0.29, 0.717) is 19.7 Å². The lowest BCUT2D eigenvalue weighted by atomic mass is 10.1. The fourth-order valence-electron chi connectivity index (χ4n) is 4.24. The van der Waals surface area contributed by atoms with Crippen molar-refractivity contribution in [3.05, 3.63) is 18.6 Å². The quantitative estimate of drug-likeness (QED) is 0.812. The molecule has 2 aliphatic heterocycles. The Hall–Kier alpha value is -2.39. The van der Waals surface area contributed by atoms with Crippen LogP contribution in [0, 0.1) is 5.41 Å². The molecule has 1 saturated carbocycles. The molecular weight excluding hydrogens is 348 g/mol. The molecule has 9 heteroatoms. The number of aliphatic hydroxyl groups excluding tert-OH is 1. The number of ether oxygens (including phenoxy) is 1. The van der Waals surface area contributed by atoms with Gasteiger partial charge in [-0.2, -0.15) is 0 Å². The van der Waals surface area contributed by atoms with E-state index >= 15 is 0 Å². The van der Waals surface area contributed by atoms with Crippen LogP contribution in [0.3, 0.4) is 0 Å². The number of fused-ring (bicyclic) bond motifs is 1. The lowest BCUT2D eigenvalue weighted by molar-refractivity contribution is -0.0166. The number of aliphatic hydroxyl groups is 1. The number of anilines is 1. The molecule has 0 aromatic carbocycles. The molecule has 9 nitrogen and oxygen atoms in total. The highest BCUT2D eigenvalue weighted by Crippen LogP contribution is 2.48. The van der Waals surface area contributed by atoms with E-state index < -0.39 is 6.23 Å². The highest BCUT2D eigenvalue weighted by atomic mass is 16.6. The van der Waals surface area contributed by atoms with Crippen LogP contribution in [0.2, 0.25) is 0 Å². The molecule has 1 amide bonds. The average Bonchev–Trinajstić information content (AvgIpc) is 3.11. The lowest BCUT2D eigenvalue weighted by Crippen LogP contribution is -2.47. The van der Waals surface area contributed by atoms with E-state index in [1.165, 1.54) is 0 Å². The molecule has 0 radical (unpaired) electrons. The molecule has 1 unspecified atom stereocenters. The van der Waals surface area contributed by atoms with Crippen LogP contribution in [0.25, 0.3) is 11.0 Å². The Morgan fingerprint density at radius 2 is 2.15 bits per heavy atom. The molecule has 144 valence electrons. The second kappa shape index (κ2) is 6.35. The van der Waals surface area contributed by atoms with E-state index in [1.54, 1.807) is 11.2 Å². The van der Waals surface area contributed by atoms with Gasteiger partial charge in [-0.15, -0.1) is 0 Å². The Morgan fingerprint density at radius 1 is 1.26 bits per heavy atom. The Labute approximate surface area is 156 Å². The van der Waals surface area contributed by atoms with Gasteiger partial charge in [0.15, 0.2) is 0 Å². The van der Waals surface area contributed by atoms with Gasteiger partial charge in [-0.1, -0.05) is 0 Å². The minimum absolute atomic E-state index is 0.191. The van der Waals surface area contributed by atoms with Crippen LogP contribution in [0.1, 0.15) is 12.8 Å². The van der Waals surface area contributed by atoms with Crippen LogP contribution in [-0.2, 0) is 4.74 Å². The van der Waals surface area contributed by atoms with Crippen LogP contribution in [0.15, 0.2) is 18.6 Å². The van der Waals surface area contributed by atoms with Gasteiger partial charge in [-0.25, -0.2) is 14.8 Å². The maximum Gasteiger partial charge on any atom is 0.410 e.